The van der Waals surface area contributed by atoms with Crippen LogP contribution in [0.5, 0.6) is 0 Å². The molecular formula is C15H25NO. The highest BCUT2D eigenvalue weighted by Crippen LogP contribution is 2.12. The Morgan fingerprint density at radius 1 is 1.18 bits per heavy atom. The summed E-state index contributed by atoms with van der Waals surface area (Å²) in [5.74, 6) is 0.126. The van der Waals surface area contributed by atoms with Crippen molar-refractivity contribution in [3.63, 3.8) is 0 Å². The molecule has 1 N–H and O–H groups in total. The lowest BCUT2D eigenvalue weighted by atomic mass is 9.95. The maximum atomic E-state index is 11.6. The first kappa shape index (κ1) is 15.7. The smallest absolute Gasteiger partial charge is 0.225 e. The molecule has 96 valence electrons. The summed E-state index contributed by atoms with van der Waals surface area (Å²) in [6.45, 7) is 6.55. The predicted molar refractivity (Wildman–Crippen MR) is 74.0 cm³/mol. The predicted octanol–water partition coefficient (Wildman–Crippen LogP) is 3.42. The molecule has 1 aromatic carbocycles. The van der Waals surface area contributed by atoms with Crippen molar-refractivity contribution in [3.05, 3.63) is 35.9 Å². The molecule has 2 nitrogen and oxygen atoms in total. The Morgan fingerprint density at radius 3 is 2.29 bits per heavy atom. The third-order valence-electron chi connectivity index (χ3n) is 2.45. The molecule has 0 fully saturated rings. The van der Waals surface area contributed by atoms with Crippen LogP contribution in [-0.4, -0.2) is 12.5 Å². The second-order valence-corrected chi connectivity index (χ2v) is 5.10. The van der Waals surface area contributed by atoms with Crippen molar-refractivity contribution < 1.29 is 4.79 Å². The van der Waals surface area contributed by atoms with E-state index in [2.05, 4.69) is 17.4 Å². The SMILES string of the molecule is C.CC(C)(C)C(=O)NCCCc1ccccc1. The number of hydrogen-bond donors (Lipinski definition) is 1. The highest BCUT2D eigenvalue weighted by atomic mass is 16.2. The van der Waals surface area contributed by atoms with Gasteiger partial charge in [0.15, 0.2) is 0 Å². The molecule has 0 aliphatic carbocycles. The van der Waals surface area contributed by atoms with Crippen LogP contribution in [-0.2, 0) is 11.2 Å². The summed E-state index contributed by atoms with van der Waals surface area (Å²) in [5, 5.41) is 2.95. The molecule has 0 saturated carbocycles. The minimum Gasteiger partial charge on any atom is -0.356 e. The van der Waals surface area contributed by atoms with Gasteiger partial charge in [-0.1, -0.05) is 58.5 Å². The fourth-order valence-corrected chi connectivity index (χ4v) is 1.40. The zero-order valence-corrected chi connectivity index (χ0v) is 10.4. The fourth-order valence-electron chi connectivity index (χ4n) is 1.40. The lowest BCUT2D eigenvalue weighted by Crippen LogP contribution is -2.35. The molecule has 1 amide bonds. The van der Waals surface area contributed by atoms with Gasteiger partial charge in [0.1, 0.15) is 0 Å². The van der Waals surface area contributed by atoms with Gasteiger partial charge in [0.25, 0.3) is 0 Å². The van der Waals surface area contributed by atoms with E-state index in [1.165, 1.54) is 5.56 Å². The Kier molecular flexibility index (Phi) is 6.55. The van der Waals surface area contributed by atoms with Gasteiger partial charge in [-0.05, 0) is 18.4 Å². The van der Waals surface area contributed by atoms with Crippen molar-refractivity contribution in [1.29, 1.82) is 0 Å². The minimum atomic E-state index is -0.285. The third-order valence-corrected chi connectivity index (χ3v) is 2.45. The van der Waals surface area contributed by atoms with E-state index in [9.17, 15) is 4.79 Å². The summed E-state index contributed by atoms with van der Waals surface area (Å²) in [6, 6.07) is 10.3. The highest BCUT2D eigenvalue weighted by molar-refractivity contribution is 5.81. The summed E-state index contributed by atoms with van der Waals surface area (Å²) in [6.07, 6.45) is 2.01. The first-order valence-corrected chi connectivity index (χ1v) is 5.82. The number of carbonyl (C=O) groups is 1. The molecule has 0 aromatic heterocycles. The average Bonchev–Trinajstić information content (AvgIpc) is 2.24. The number of aryl methyl sites for hydroxylation is 1. The van der Waals surface area contributed by atoms with E-state index in [-0.39, 0.29) is 18.7 Å². The van der Waals surface area contributed by atoms with Gasteiger partial charge in [0, 0.05) is 12.0 Å². The number of amides is 1. The number of benzene rings is 1. The standard InChI is InChI=1S/C14H21NO.CH4/c1-14(2,3)13(16)15-11-7-10-12-8-5-4-6-9-12;/h4-6,8-9H,7,10-11H2,1-3H3,(H,15,16);1H4. The van der Waals surface area contributed by atoms with Gasteiger partial charge in [-0.3, -0.25) is 4.79 Å². The van der Waals surface area contributed by atoms with E-state index in [4.69, 9.17) is 0 Å². The molecule has 0 aliphatic heterocycles. The third kappa shape index (κ3) is 6.10. The largest absolute Gasteiger partial charge is 0.356 e. The number of rotatable bonds is 4. The molecule has 2 heteroatoms. The van der Waals surface area contributed by atoms with E-state index >= 15 is 0 Å². The maximum absolute atomic E-state index is 11.6. The van der Waals surface area contributed by atoms with Crippen molar-refractivity contribution >= 4 is 5.91 Å². The van der Waals surface area contributed by atoms with E-state index in [0.29, 0.717) is 0 Å². The zero-order chi connectivity index (χ0) is 12.0. The molecule has 17 heavy (non-hydrogen) atoms. The van der Waals surface area contributed by atoms with Crippen LogP contribution in [0.4, 0.5) is 0 Å². The number of hydrogen-bond acceptors (Lipinski definition) is 1. The van der Waals surface area contributed by atoms with Gasteiger partial charge < -0.3 is 5.32 Å². The summed E-state index contributed by atoms with van der Waals surface area (Å²) in [4.78, 5) is 11.6. The molecule has 0 aliphatic rings. The molecular weight excluding hydrogens is 210 g/mol. The van der Waals surface area contributed by atoms with Crippen LogP contribution in [0.25, 0.3) is 0 Å². The second-order valence-electron chi connectivity index (χ2n) is 5.10. The van der Waals surface area contributed by atoms with Gasteiger partial charge in [-0.2, -0.15) is 0 Å². The van der Waals surface area contributed by atoms with Gasteiger partial charge in [0.2, 0.25) is 5.91 Å². The summed E-state index contributed by atoms with van der Waals surface area (Å²) >= 11 is 0. The first-order chi connectivity index (χ1) is 7.50. The Labute approximate surface area is 105 Å². The first-order valence-electron chi connectivity index (χ1n) is 5.82. The Hall–Kier alpha value is -1.31. The lowest BCUT2D eigenvalue weighted by Gasteiger charge is -2.17. The van der Waals surface area contributed by atoms with Crippen molar-refractivity contribution in [1.82, 2.24) is 5.32 Å². The molecule has 0 spiro atoms. The molecule has 0 radical (unpaired) electrons. The van der Waals surface area contributed by atoms with E-state index in [1.54, 1.807) is 0 Å². The lowest BCUT2D eigenvalue weighted by molar-refractivity contribution is -0.128. The quantitative estimate of drug-likeness (QED) is 0.796. The molecule has 1 aromatic rings. The van der Waals surface area contributed by atoms with Crippen LogP contribution < -0.4 is 5.32 Å². The monoisotopic (exact) mass is 235 g/mol. The van der Waals surface area contributed by atoms with Crippen molar-refractivity contribution in [2.45, 2.75) is 41.0 Å². The topological polar surface area (TPSA) is 29.1 Å². The Bertz CT molecular complexity index is 325. The number of carbonyl (C=O) groups excluding carboxylic acids is 1. The van der Waals surface area contributed by atoms with E-state index in [0.717, 1.165) is 19.4 Å². The number of nitrogens with one attached hydrogen (secondary N) is 1. The van der Waals surface area contributed by atoms with Crippen LogP contribution in [0, 0.1) is 5.41 Å². The Balaban J connectivity index is 0.00000256. The van der Waals surface area contributed by atoms with Crippen LogP contribution in [0.15, 0.2) is 30.3 Å². The van der Waals surface area contributed by atoms with E-state index in [1.807, 2.05) is 39.0 Å². The summed E-state index contributed by atoms with van der Waals surface area (Å²) < 4.78 is 0. The van der Waals surface area contributed by atoms with Crippen LogP contribution >= 0.6 is 0 Å². The van der Waals surface area contributed by atoms with Crippen molar-refractivity contribution in [2.24, 2.45) is 5.41 Å². The molecule has 0 saturated heterocycles. The zero-order valence-electron chi connectivity index (χ0n) is 10.4. The van der Waals surface area contributed by atoms with Crippen LogP contribution in [0.1, 0.15) is 40.2 Å². The highest BCUT2D eigenvalue weighted by Gasteiger charge is 2.19. The van der Waals surface area contributed by atoms with Crippen molar-refractivity contribution in [3.8, 4) is 0 Å². The second kappa shape index (κ2) is 7.10. The molecule has 0 heterocycles. The molecule has 1 rings (SSSR count). The molecule has 0 atom stereocenters. The van der Waals surface area contributed by atoms with Crippen LogP contribution in [0.3, 0.4) is 0 Å². The Morgan fingerprint density at radius 2 is 1.76 bits per heavy atom. The van der Waals surface area contributed by atoms with Crippen LogP contribution in [0.2, 0.25) is 0 Å². The normalized spacial score (nSPS) is 10.5. The van der Waals surface area contributed by atoms with E-state index < -0.39 is 0 Å². The maximum Gasteiger partial charge on any atom is 0.225 e. The fraction of sp³-hybridized carbons (Fsp3) is 0.533. The summed E-state index contributed by atoms with van der Waals surface area (Å²) in [5.41, 5.74) is 1.04. The average molecular weight is 235 g/mol. The summed E-state index contributed by atoms with van der Waals surface area (Å²) in [7, 11) is 0. The minimum absolute atomic E-state index is 0. The van der Waals surface area contributed by atoms with Gasteiger partial charge in [-0.25, -0.2) is 0 Å². The van der Waals surface area contributed by atoms with Gasteiger partial charge >= 0.3 is 0 Å². The molecule has 0 bridgehead atoms. The van der Waals surface area contributed by atoms with Gasteiger partial charge in [0.05, 0.1) is 0 Å². The van der Waals surface area contributed by atoms with Crippen molar-refractivity contribution in [2.75, 3.05) is 6.54 Å². The van der Waals surface area contributed by atoms with Gasteiger partial charge in [-0.15, -0.1) is 0 Å². The molecule has 0 unspecified atom stereocenters.